The van der Waals surface area contributed by atoms with Crippen molar-refractivity contribution < 1.29 is 4.74 Å². The van der Waals surface area contributed by atoms with Gasteiger partial charge in [0.1, 0.15) is 11.6 Å². The van der Waals surface area contributed by atoms with Gasteiger partial charge < -0.3 is 15.0 Å². The fourth-order valence-electron chi connectivity index (χ4n) is 3.47. The van der Waals surface area contributed by atoms with E-state index in [2.05, 4.69) is 38.8 Å². The summed E-state index contributed by atoms with van der Waals surface area (Å²) >= 11 is 0. The Morgan fingerprint density at radius 2 is 1.93 bits per heavy atom. The number of benzene rings is 2. The molecule has 0 atom stereocenters. The maximum Gasteiger partial charge on any atom is 0.246 e. The number of nitrogens with one attached hydrogen (secondary N) is 2. The van der Waals surface area contributed by atoms with Gasteiger partial charge in [-0.2, -0.15) is 10.1 Å². The van der Waals surface area contributed by atoms with Crippen molar-refractivity contribution in [1.82, 2.24) is 14.9 Å². The summed E-state index contributed by atoms with van der Waals surface area (Å²) in [6.45, 7) is 2.19. The van der Waals surface area contributed by atoms with Crippen molar-refractivity contribution in [3.8, 4) is 5.75 Å². The molecule has 0 amide bonds. The van der Waals surface area contributed by atoms with Gasteiger partial charge in [0, 0.05) is 11.4 Å². The molecular formula is C22H26N6O. The number of hydrazone groups is 1. The highest BCUT2D eigenvalue weighted by atomic mass is 16.5. The van der Waals surface area contributed by atoms with E-state index in [9.17, 15) is 0 Å². The van der Waals surface area contributed by atoms with Gasteiger partial charge in [-0.1, -0.05) is 24.3 Å². The van der Waals surface area contributed by atoms with Crippen LogP contribution >= 0.6 is 0 Å². The maximum atomic E-state index is 5.24. The summed E-state index contributed by atoms with van der Waals surface area (Å²) in [5, 5.41) is 8.95. The molecule has 0 unspecified atom stereocenters. The zero-order valence-electron chi connectivity index (χ0n) is 16.8. The topological polar surface area (TPSA) is 74.7 Å². The van der Waals surface area contributed by atoms with E-state index in [4.69, 9.17) is 9.72 Å². The van der Waals surface area contributed by atoms with Crippen molar-refractivity contribution in [2.75, 3.05) is 38.0 Å². The normalized spacial score (nSPS) is 15.7. The van der Waals surface area contributed by atoms with Gasteiger partial charge in [-0.15, -0.1) is 0 Å². The maximum absolute atomic E-state index is 5.24. The number of fused-ring (bicyclic) bond motifs is 1. The summed E-state index contributed by atoms with van der Waals surface area (Å²) in [6.07, 6.45) is 3.93. The van der Waals surface area contributed by atoms with E-state index >= 15 is 0 Å². The Labute approximate surface area is 170 Å². The van der Waals surface area contributed by atoms with Gasteiger partial charge >= 0.3 is 0 Å². The summed E-state index contributed by atoms with van der Waals surface area (Å²) in [5.41, 5.74) is 4.78. The second kappa shape index (κ2) is 8.87. The monoisotopic (exact) mass is 390 g/mol. The molecule has 3 aromatic rings. The van der Waals surface area contributed by atoms with Crippen LogP contribution in [0, 0.1) is 0 Å². The molecule has 29 heavy (non-hydrogen) atoms. The predicted molar refractivity (Wildman–Crippen MR) is 118 cm³/mol. The molecule has 2 aromatic carbocycles. The first-order valence-corrected chi connectivity index (χ1v) is 9.86. The minimum atomic E-state index is 0.414. The Kier molecular flexibility index (Phi) is 5.86. The van der Waals surface area contributed by atoms with Crippen molar-refractivity contribution in [3.63, 3.8) is 0 Å². The highest BCUT2D eigenvalue weighted by molar-refractivity contribution is 5.90. The number of aromatic nitrogens is 2. The molecule has 0 bridgehead atoms. The quantitative estimate of drug-likeness (QED) is 0.495. The van der Waals surface area contributed by atoms with Gasteiger partial charge in [0.25, 0.3) is 0 Å². The number of likely N-dealkylation sites (tertiary alicyclic amines) is 1. The van der Waals surface area contributed by atoms with Gasteiger partial charge in [0.2, 0.25) is 5.95 Å². The Morgan fingerprint density at radius 3 is 2.76 bits per heavy atom. The molecule has 1 saturated heterocycles. The summed E-state index contributed by atoms with van der Waals surface area (Å²) in [6, 6.07) is 16.2. The van der Waals surface area contributed by atoms with Crippen molar-refractivity contribution in [2.45, 2.75) is 18.9 Å². The minimum Gasteiger partial charge on any atom is -0.497 e. The third-order valence-electron chi connectivity index (χ3n) is 5.13. The first kappa shape index (κ1) is 19.1. The Bertz CT molecular complexity index is 998. The van der Waals surface area contributed by atoms with Crippen molar-refractivity contribution >= 4 is 28.9 Å². The zero-order valence-corrected chi connectivity index (χ0v) is 16.8. The average molecular weight is 390 g/mol. The molecule has 0 aliphatic carbocycles. The van der Waals surface area contributed by atoms with E-state index in [1.807, 2.05) is 42.5 Å². The zero-order chi connectivity index (χ0) is 20.1. The van der Waals surface area contributed by atoms with Crippen LogP contribution in [-0.2, 0) is 0 Å². The molecule has 7 heteroatoms. The lowest BCUT2D eigenvalue weighted by molar-refractivity contribution is 0.264. The lowest BCUT2D eigenvalue weighted by Gasteiger charge is -2.30. The van der Waals surface area contributed by atoms with Gasteiger partial charge in [0.15, 0.2) is 0 Å². The molecule has 7 nitrogen and oxygen atoms in total. The highest BCUT2D eigenvalue weighted by Gasteiger charge is 2.18. The van der Waals surface area contributed by atoms with Crippen LogP contribution in [0.5, 0.6) is 5.75 Å². The molecule has 150 valence electrons. The van der Waals surface area contributed by atoms with Crippen molar-refractivity contribution in [2.24, 2.45) is 5.10 Å². The summed E-state index contributed by atoms with van der Waals surface area (Å²) in [7, 11) is 3.81. The number of rotatable bonds is 6. The summed E-state index contributed by atoms with van der Waals surface area (Å²) < 4.78 is 5.24. The third-order valence-corrected chi connectivity index (χ3v) is 5.13. The minimum absolute atomic E-state index is 0.414. The van der Waals surface area contributed by atoms with E-state index in [1.54, 1.807) is 13.3 Å². The smallest absolute Gasteiger partial charge is 0.246 e. The SMILES string of the molecule is COc1cccc(/C=N/Nc2nc(NC3CCN(C)CC3)c3ccccc3n2)c1. The molecule has 2 N–H and O–H groups in total. The number of hydrogen-bond donors (Lipinski definition) is 2. The largest absolute Gasteiger partial charge is 0.497 e. The number of methoxy groups -OCH3 is 1. The molecule has 1 aliphatic heterocycles. The summed E-state index contributed by atoms with van der Waals surface area (Å²) in [4.78, 5) is 11.6. The highest BCUT2D eigenvalue weighted by Crippen LogP contribution is 2.24. The molecule has 4 rings (SSSR count). The lowest BCUT2D eigenvalue weighted by Crippen LogP contribution is -2.37. The molecule has 0 radical (unpaired) electrons. The van der Waals surface area contributed by atoms with Crippen LogP contribution in [0.25, 0.3) is 10.9 Å². The fourth-order valence-corrected chi connectivity index (χ4v) is 3.47. The van der Waals surface area contributed by atoms with E-state index in [0.717, 1.165) is 54.0 Å². The number of hydrogen-bond acceptors (Lipinski definition) is 7. The fraction of sp³-hybridized carbons (Fsp3) is 0.318. The van der Waals surface area contributed by atoms with Gasteiger partial charge in [0.05, 0.1) is 18.8 Å². The first-order chi connectivity index (χ1) is 14.2. The number of anilines is 2. The lowest BCUT2D eigenvalue weighted by atomic mass is 10.1. The average Bonchev–Trinajstić information content (AvgIpc) is 2.75. The summed E-state index contributed by atoms with van der Waals surface area (Å²) in [5.74, 6) is 2.11. The van der Waals surface area contributed by atoms with Crippen LogP contribution in [0.3, 0.4) is 0 Å². The Morgan fingerprint density at radius 1 is 1.10 bits per heavy atom. The van der Waals surface area contributed by atoms with Crippen LogP contribution in [-0.4, -0.2) is 54.4 Å². The van der Waals surface area contributed by atoms with Crippen LogP contribution in [0.4, 0.5) is 11.8 Å². The Balaban J connectivity index is 1.54. The number of nitrogens with zero attached hydrogens (tertiary/aromatic N) is 4. The molecule has 1 aromatic heterocycles. The number of piperidine rings is 1. The van der Waals surface area contributed by atoms with Crippen LogP contribution in [0.2, 0.25) is 0 Å². The van der Waals surface area contributed by atoms with Gasteiger partial charge in [-0.05, 0) is 62.8 Å². The van der Waals surface area contributed by atoms with Crippen molar-refractivity contribution in [3.05, 3.63) is 54.1 Å². The Hall–Kier alpha value is -3.19. The van der Waals surface area contributed by atoms with E-state index < -0.39 is 0 Å². The first-order valence-electron chi connectivity index (χ1n) is 9.86. The standard InChI is InChI=1S/C22H26N6O/c1-28-12-10-17(11-13-28)24-21-19-8-3-4-9-20(19)25-22(26-21)27-23-15-16-6-5-7-18(14-16)29-2/h3-9,14-15,17H,10-13H2,1-2H3,(H2,24,25,26,27)/b23-15+. The van der Waals surface area contributed by atoms with Crippen LogP contribution in [0.15, 0.2) is 53.6 Å². The van der Waals surface area contributed by atoms with E-state index in [-0.39, 0.29) is 0 Å². The molecule has 0 saturated carbocycles. The molecule has 2 heterocycles. The van der Waals surface area contributed by atoms with Crippen molar-refractivity contribution in [1.29, 1.82) is 0 Å². The molecular weight excluding hydrogens is 364 g/mol. The molecule has 1 fully saturated rings. The van der Waals surface area contributed by atoms with E-state index in [1.165, 1.54) is 0 Å². The molecule has 0 spiro atoms. The second-order valence-electron chi connectivity index (χ2n) is 7.28. The van der Waals surface area contributed by atoms with Gasteiger partial charge in [-0.25, -0.2) is 10.4 Å². The van der Waals surface area contributed by atoms with E-state index in [0.29, 0.717) is 12.0 Å². The molecule has 1 aliphatic rings. The van der Waals surface area contributed by atoms with Crippen LogP contribution < -0.4 is 15.5 Å². The predicted octanol–water partition coefficient (Wildman–Crippen LogP) is 3.59. The second-order valence-corrected chi connectivity index (χ2v) is 7.28. The van der Waals surface area contributed by atoms with Crippen LogP contribution in [0.1, 0.15) is 18.4 Å². The number of para-hydroxylation sites is 1. The van der Waals surface area contributed by atoms with Gasteiger partial charge in [-0.3, -0.25) is 0 Å². The third kappa shape index (κ3) is 4.81. The number of ether oxygens (including phenoxy) is 1.